The molecule has 4 rings (SSSR count). The maximum absolute atomic E-state index is 5.49. The van der Waals surface area contributed by atoms with Gasteiger partial charge >= 0.3 is 0 Å². The fourth-order valence-corrected chi connectivity index (χ4v) is 3.33. The average molecular weight is 335 g/mol. The summed E-state index contributed by atoms with van der Waals surface area (Å²) >= 11 is 0. The standard InChI is InChI=1S/C20H21N3O2/c1-14-8-9-18-15(11-14)6-4-10-23(18)13-19-21-20(22-25-19)16-5-3-7-17(12-16)24-2/h3,5,7-9,11-12H,4,6,10,13H2,1-2H3. The van der Waals surface area contributed by atoms with E-state index in [4.69, 9.17) is 9.26 Å². The third-order valence-electron chi connectivity index (χ3n) is 4.57. The molecule has 0 N–H and O–H groups in total. The van der Waals surface area contributed by atoms with Gasteiger partial charge in [-0.2, -0.15) is 4.98 Å². The fourth-order valence-electron chi connectivity index (χ4n) is 3.33. The summed E-state index contributed by atoms with van der Waals surface area (Å²) in [6.07, 6.45) is 2.28. The minimum absolute atomic E-state index is 0.593. The first kappa shape index (κ1) is 15.7. The van der Waals surface area contributed by atoms with E-state index < -0.39 is 0 Å². The first-order valence-corrected chi connectivity index (χ1v) is 8.54. The van der Waals surface area contributed by atoms with Gasteiger partial charge < -0.3 is 14.2 Å². The van der Waals surface area contributed by atoms with Gasteiger partial charge in [0.15, 0.2) is 0 Å². The lowest BCUT2D eigenvalue weighted by Gasteiger charge is -2.30. The smallest absolute Gasteiger partial charge is 0.246 e. The van der Waals surface area contributed by atoms with E-state index in [1.807, 2.05) is 24.3 Å². The highest BCUT2D eigenvalue weighted by Crippen LogP contribution is 2.29. The number of methoxy groups -OCH3 is 1. The molecule has 0 saturated carbocycles. The maximum atomic E-state index is 5.49. The summed E-state index contributed by atoms with van der Waals surface area (Å²) in [6.45, 7) is 3.78. The molecule has 1 aliphatic rings. The first-order chi connectivity index (χ1) is 12.2. The normalized spacial score (nSPS) is 13.6. The summed E-state index contributed by atoms with van der Waals surface area (Å²) in [5.74, 6) is 2.01. The molecule has 0 radical (unpaired) electrons. The van der Waals surface area contributed by atoms with Gasteiger partial charge in [-0.3, -0.25) is 0 Å². The highest BCUT2D eigenvalue weighted by atomic mass is 16.5. The topological polar surface area (TPSA) is 51.4 Å². The Kier molecular flexibility index (Phi) is 4.14. The van der Waals surface area contributed by atoms with Crippen molar-refractivity contribution in [1.82, 2.24) is 10.1 Å². The molecule has 2 heterocycles. The van der Waals surface area contributed by atoms with Crippen LogP contribution in [0, 0.1) is 6.92 Å². The van der Waals surface area contributed by atoms with Crippen molar-refractivity contribution >= 4 is 5.69 Å². The third kappa shape index (κ3) is 3.22. The van der Waals surface area contributed by atoms with Crippen LogP contribution in [-0.4, -0.2) is 23.8 Å². The molecule has 1 aromatic heterocycles. The summed E-state index contributed by atoms with van der Waals surface area (Å²) in [4.78, 5) is 6.89. The van der Waals surface area contributed by atoms with Crippen molar-refractivity contribution < 1.29 is 9.26 Å². The molecule has 0 fully saturated rings. The predicted octanol–water partition coefficient (Wildman–Crippen LogP) is 4.01. The molecular weight excluding hydrogens is 314 g/mol. The minimum Gasteiger partial charge on any atom is -0.497 e. The van der Waals surface area contributed by atoms with E-state index in [-0.39, 0.29) is 0 Å². The second kappa shape index (κ2) is 6.59. The Morgan fingerprint density at radius 3 is 3.00 bits per heavy atom. The molecule has 25 heavy (non-hydrogen) atoms. The Labute approximate surface area is 147 Å². The van der Waals surface area contributed by atoms with Crippen LogP contribution in [0.15, 0.2) is 47.0 Å². The van der Waals surface area contributed by atoms with Gasteiger partial charge in [0.25, 0.3) is 0 Å². The first-order valence-electron chi connectivity index (χ1n) is 8.54. The van der Waals surface area contributed by atoms with Gasteiger partial charge in [-0.1, -0.05) is 35.0 Å². The van der Waals surface area contributed by atoms with Gasteiger partial charge in [-0.25, -0.2) is 0 Å². The van der Waals surface area contributed by atoms with Crippen LogP contribution in [-0.2, 0) is 13.0 Å². The Morgan fingerprint density at radius 2 is 2.12 bits per heavy atom. The monoisotopic (exact) mass is 335 g/mol. The minimum atomic E-state index is 0.593. The van der Waals surface area contributed by atoms with E-state index in [9.17, 15) is 0 Å². The van der Waals surface area contributed by atoms with Crippen molar-refractivity contribution in [3.63, 3.8) is 0 Å². The highest BCUT2D eigenvalue weighted by molar-refractivity contribution is 5.58. The van der Waals surface area contributed by atoms with Gasteiger partial charge in [0, 0.05) is 17.8 Å². The summed E-state index contributed by atoms with van der Waals surface area (Å²) in [7, 11) is 1.65. The zero-order valence-corrected chi connectivity index (χ0v) is 14.5. The average Bonchev–Trinajstić information content (AvgIpc) is 3.10. The molecule has 0 amide bonds. The summed E-state index contributed by atoms with van der Waals surface area (Å²) in [6, 6.07) is 14.3. The number of hydrogen-bond acceptors (Lipinski definition) is 5. The molecule has 0 spiro atoms. The number of nitrogens with zero attached hydrogens (tertiary/aromatic N) is 3. The molecular formula is C20H21N3O2. The number of ether oxygens (including phenoxy) is 1. The van der Waals surface area contributed by atoms with Crippen molar-refractivity contribution in [2.24, 2.45) is 0 Å². The lowest BCUT2D eigenvalue weighted by Crippen LogP contribution is -2.28. The Morgan fingerprint density at radius 1 is 1.20 bits per heavy atom. The summed E-state index contributed by atoms with van der Waals surface area (Å²) in [5, 5.41) is 4.13. The summed E-state index contributed by atoms with van der Waals surface area (Å²) in [5.41, 5.74) is 4.87. The molecule has 3 aromatic rings. The molecule has 2 aromatic carbocycles. The second-order valence-electron chi connectivity index (χ2n) is 6.40. The number of aromatic nitrogens is 2. The van der Waals surface area contributed by atoms with Crippen LogP contribution in [0.5, 0.6) is 5.75 Å². The van der Waals surface area contributed by atoms with Gasteiger partial charge in [-0.05, 0) is 43.5 Å². The van der Waals surface area contributed by atoms with Gasteiger partial charge in [0.2, 0.25) is 11.7 Å². The van der Waals surface area contributed by atoms with Crippen LogP contribution >= 0.6 is 0 Å². The number of anilines is 1. The fraction of sp³-hybridized carbons (Fsp3) is 0.300. The molecule has 0 aliphatic carbocycles. The van der Waals surface area contributed by atoms with E-state index in [1.54, 1.807) is 7.11 Å². The zero-order chi connectivity index (χ0) is 17.2. The van der Waals surface area contributed by atoms with Crippen LogP contribution in [0.3, 0.4) is 0 Å². The number of hydrogen-bond donors (Lipinski definition) is 0. The Hall–Kier alpha value is -2.82. The summed E-state index contributed by atoms with van der Waals surface area (Å²) < 4.78 is 10.7. The number of benzene rings is 2. The Bertz CT molecular complexity index is 888. The van der Waals surface area contributed by atoms with Crippen LogP contribution in [0.4, 0.5) is 5.69 Å². The lowest BCUT2D eigenvalue weighted by atomic mass is 10.00. The van der Waals surface area contributed by atoms with E-state index in [0.29, 0.717) is 18.3 Å². The molecule has 1 aliphatic heterocycles. The Balaban J connectivity index is 1.56. The maximum Gasteiger partial charge on any atom is 0.246 e. The van der Waals surface area contributed by atoms with E-state index in [2.05, 4.69) is 40.2 Å². The number of aryl methyl sites for hydroxylation is 2. The lowest BCUT2D eigenvalue weighted by molar-refractivity contribution is 0.375. The SMILES string of the molecule is COc1cccc(-c2noc(CN3CCCc4cc(C)ccc43)n2)c1. The molecule has 5 heteroatoms. The van der Waals surface area contributed by atoms with Gasteiger partial charge in [-0.15, -0.1) is 0 Å². The highest BCUT2D eigenvalue weighted by Gasteiger charge is 2.19. The zero-order valence-electron chi connectivity index (χ0n) is 14.5. The van der Waals surface area contributed by atoms with Crippen LogP contribution in [0.2, 0.25) is 0 Å². The van der Waals surface area contributed by atoms with Gasteiger partial charge in [0.05, 0.1) is 13.7 Å². The van der Waals surface area contributed by atoms with E-state index >= 15 is 0 Å². The van der Waals surface area contributed by atoms with Crippen molar-refractivity contribution in [3.05, 3.63) is 59.5 Å². The van der Waals surface area contributed by atoms with Crippen LogP contribution < -0.4 is 9.64 Å². The molecule has 0 saturated heterocycles. The number of fused-ring (bicyclic) bond motifs is 1. The van der Waals surface area contributed by atoms with Crippen molar-refractivity contribution in [2.45, 2.75) is 26.3 Å². The largest absolute Gasteiger partial charge is 0.497 e. The van der Waals surface area contributed by atoms with Crippen molar-refractivity contribution in [3.8, 4) is 17.1 Å². The molecule has 128 valence electrons. The third-order valence-corrected chi connectivity index (χ3v) is 4.57. The van der Waals surface area contributed by atoms with Gasteiger partial charge in [0.1, 0.15) is 5.75 Å². The molecule has 0 atom stereocenters. The predicted molar refractivity (Wildman–Crippen MR) is 96.8 cm³/mol. The van der Waals surface area contributed by atoms with E-state index in [0.717, 1.165) is 30.7 Å². The molecule has 0 bridgehead atoms. The van der Waals surface area contributed by atoms with Crippen LogP contribution in [0.25, 0.3) is 11.4 Å². The quantitative estimate of drug-likeness (QED) is 0.721. The van der Waals surface area contributed by atoms with Crippen LogP contribution in [0.1, 0.15) is 23.4 Å². The number of rotatable bonds is 4. The molecule has 0 unspecified atom stereocenters. The van der Waals surface area contributed by atoms with Crippen molar-refractivity contribution in [1.29, 1.82) is 0 Å². The van der Waals surface area contributed by atoms with Crippen molar-refractivity contribution in [2.75, 3.05) is 18.6 Å². The van der Waals surface area contributed by atoms with E-state index in [1.165, 1.54) is 16.8 Å². The second-order valence-corrected chi connectivity index (χ2v) is 6.40. The molecule has 5 nitrogen and oxygen atoms in total.